The van der Waals surface area contributed by atoms with E-state index < -0.39 is 0 Å². The van der Waals surface area contributed by atoms with Crippen molar-refractivity contribution in [3.8, 4) is 0 Å². The molecule has 1 aliphatic heterocycles. The molecule has 1 amide bonds. The number of carbonyl (C=O) groups excluding carboxylic acids is 1. The third kappa shape index (κ3) is 1.74. The fourth-order valence-corrected chi connectivity index (χ4v) is 3.79. The first-order chi connectivity index (χ1) is 9.83. The van der Waals surface area contributed by atoms with Crippen molar-refractivity contribution in [1.29, 1.82) is 0 Å². The predicted octanol–water partition coefficient (Wildman–Crippen LogP) is 4.38. The monoisotopic (exact) mass is 279 g/mol. The van der Waals surface area contributed by atoms with E-state index >= 15 is 0 Å². The van der Waals surface area contributed by atoms with Crippen molar-refractivity contribution in [2.75, 3.05) is 5.32 Å². The van der Waals surface area contributed by atoms with Crippen LogP contribution in [0.2, 0.25) is 0 Å². The van der Waals surface area contributed by atoms with Gasteiger partial charge in [-0.25, -0.2) is 0 Å². The van der Waals surface area contributed by atoms with Gasteiger partial charge in [0.15, 0.2) is 0 Å². The molecule has 4 rings (SSSR count). The lowest BCUT2D eigenvalue weighted by Gasteiger charge is -2.26. The van der Waals surface area contributed by atoms with Gasteiger partial charge in [0, 0.05) is 22.6 Å². The van der Waals surface area contributed by atoms with E-state index in [1.54, 1.807) is 11.3 Å². The van der Waals surface area contributed by atoms with Gasteiger partial charge in [-0.2, -0.15) is 0 Å². The Hall–Kier alpha value is -2.13. The van der Waals surface area contributed by atoms with Crippen LogP contribution in [0.4, 0.5) is 5.69 Å². The van der Waals surface area contributed by atoms with Gasteiger partial charge in [0.05, 0.1) is 5.69 Å². The molecule has 1 N–H and O–H groups in total. The molecule has 1 aliphatic rings. The summed E-state index contributed by atoms with van der Waals surface area (Å²) < 4.78 is 0. The van der Waals surface area contributed by atoms with Gasteiger partial charge in [0.1, 0.15) is 0 Å². The Morgan fingerprint density at radius 3 is 2.80 bits per heavy atom. The van der Waals surface area contributed by atoms with Crippen molar-refractivity contribution in [3.63, 3.8) is 0 Å². The summed E-state index contributed by atoms with van der Waals surface area (Å²) >= 11 is 1.72. The quantitative estimate of drug-likeness (QED) is 0.704. The normalized spacial score (nSPS) is 17.8. The van der Waals surface area contributed by atoms with Crippen LogP contribution in [0, 0.1) is 0 Å². The van der Waals surface area contributed by atoms with E-state index in [-0.39, 0.29) is 11.8 Å². The van der Waals surface area contributed by atoms with Gasteiger partial charge < -0.3 is 5.32 Å². The van der Waals surface area contributed by atoms with Gasteiger partial charge in [-0.1, -0.05) is 42.5 Å². The summed E-state index contributed by atoms with van der Waals surface area (Å²) in [6.45, 7) is 0. The lowest BCUT2D eigenvalue weighted by Crippen LogP contribution is -2.23. The number of amides is 1. The number of hydrogen-bond acceptors (Lipinski definition) is 2. The van der Waals surface area contributed by atoms with Crippen molar-refractivity contribution in [2.45, 2.75) is 12.3 Å². The molecule has 1 atom stereocenters. The Bertz CT molecular complexity index is 792. The molecule has 20 heavy (non-hydrogen) atoms. The van der Waals surface area contributed by atoms with E-state index in [0.717, 1.165) is 11.1 Å². The molecule has 0 saturated heterocycles. The second-order valence-corrected chi connectivity index (χ2v) is 6.05. The van der Waals surface area contributed by atoms with Gasteiger partial charge in [0.2, 0.25) is 5.91 Å². The number of anilines is 1. The Labute approximate surface area is 121 Å². The minimum Gasteiger partial charge on any atom is -0.325 e. The van der Waals surface area contributed by atoms with Crippen molar-refractivity contribution in [1.82, 2.24) is 0 Å². The molecule has 0 aliphatic carbocycles. The minimum atomic E-state index is 0.104. The van der Waals surface area contributed by atoms with Gasteiger partial charge in [-0.3, -0.25) is 4.79 Å². The van der Waals surface area contributed by atoms with Crippen molar-refractivity contribution in [3.05, 3.63) is 64.4 Å². The zero-order valence-electron chi connectivity index (χ0n) is 10.8. The highest BCUT2D eigenvalue weighted by Gasteiger charge is 2.28. The molecule has 0 spiro atoms. The van der Waals surface area contributed by atoms with Crippen LogP contribution < -0.4 is 5.32 Å². The first kappa shape index (κ1) is 11.7. The van der Waals surface area contributed by atoms with Gasteiger partial charge in [-0.15, -0.1) is 11.3 Å². The molecule has 3 aromatic rings. The number of fused-ring (bicyclic) bond motifs is 3. The number of rotatable bonds is 1. The molecule has 98 valence electrons. The highest BCUT2D eigenvalue weighted by atomic mass is 32.1. The van der Waals surface area contributed by atoms with Crippen molar-refractivity contribution >= 4 is 33.7 Å². The topological polar surface area (TPSA) is 29.1 Å². The molecule has 2 heterocycles. The number of nitrogens with one attached hydrogen (secondary N) is 1. The second kappa shape index (κ2) is 4.46. The number of carbonyl (C=O) groups is 1. The largest absolute Gasteiger partial charge is 0.325 e. The van der Waals surface area contributed by atoms with Crippen LogP contribution in [0.15, 0.2) is 53.9 Å². The van der Waals surface area contributed by atoms with Gasteiger partial charge in [-0.05, 0) is 22.4 Å². The average molecular weight is 279 g/mol. The van der Waals surface area contributed by atoms with E-state index in [4.69, 9.17) is 0 Å². The van der Waals surface area contributed by atoms with E-state index in [1.807, 2.05) is 18.2 Å². The fraction of sp³-hybridized carbons (Fsp3) is 0.118. The zero-order valence-corrected chi connectivity index (χ0v) is 11.6. The number of thiophene rings is 1. The first-order valence-corrected chi connectivity index (χ1v) is 7.56. The summed E-state index contributed by atoms with van der Waals surface area (Å²) in [6.07, 6.45) is 0.534. The van der Waals surface area contributed by atoms with Crippen LogP contribution in [-0.2, 0) is 4.79 Å². The summed E-state index contributed by atoms with van der Waals surface area (Å²) in [6, 6.07) is 16.7. The second-order valence-electron chi connectivity index (χ2n) is 5.07. The molecular weight excluding hydrogens is 266 g/mol. The first-order valence-electron chi connectivity index (χ1n) is 6.68. The standard InChI is InChI=1S/C17H13NOS/c19-16-10-14(15-6-3-9-20-15)13-8-7-11-4-1-2-5-12(11)17(13)18-16/h1-9,14H,10H2,(H,18,19)/t14-/m0/s1. The smallest absolute Gasteiger partial charge is 0.225 e. The molecule has 0 radical (unpaired) electrons. The maximum Gasteiger partial charge on any atom is 0.225 e. The maximum absolute atomic E-state index is 12.1. The van der Waals surface area contributed by atoms with Crippen LogP contribution in [0.3, 0.4) is 0 Å². The number of benzene rings is 2. The molecule has 0 fully saturated rings. The van der Waals surface area contributed by atoms with Crippen LogP contribution >= 0.6 is 11.3 Å². The Kier molecular flexibility index (Phi) is 2.60. The predicted molar refractivity (Wildman–Crippen MR) is 83.4 cm³/mol. The summed E-state index contributed by atoms with van der Waals surface area (Å²) in [5, 5.41) is 7.42. The number of hydrogen-bond donors (Lipinski definition) is 1. The SMILES string of the molecule is O=C1C[C@H](c2cccs2)c2ccc3ccccc3c2N1. The molecule has 0 bridgehead atoms. The lowest BCUT2D eigenvalue weighted by atomic mass is 9.87. The summed E-state index contributed by atoms with van der Waals surface area (Å²) in [5.74, 6) is 0.288. The van der Waals surface area contributed by atoms with Crippen LogP contribution in [-0.4, -0.2) is 5.91 Å². The Morgan fingerprint density at radius 2 is 1.95 bits per heavy atom. The fourth-order valence-electron chi connectivity index (χ4n) is 2.95. The van der Waals surface area contributed by atoms with E-state index in [0.29, 0.717) is 6.42 Å². The van der Waals surface area contributed by atoms with Crippen molar-refractivity contribution < 1.29 is 4.79 Å². The Balaban J connectivity index is 1.97. The minimum absolute atomic E-state index is 0.104. The highest BCUT2D eigenvalue weighted by Crippen LogP contribution is 2.41. The molecule has 3 heteroatoms. The average Bonchev–Trinajstić information content (AvgIpc) is 3.00. The molecule has 2 aromatic carbocycles. The zero-order chi connectivity index (χ0) is 13.5. The molecule has 2 nitrogen and oxygen atoms in total. The van der Waals surface area contributed by atoms with Crippen LogP contribution in [0.1, 0.15) is 22.8 Å². The van der Waals surface area contributed by atoms with Crippen LogP contribution in [0.25, 0.3) is 10.8 Å². The van der Waals surface area contributed by atoms with Gasteiger partial charge in [0.25, 0.3) is 0 Å². The van der Waals surface area contributed by atoms with E-state index in [2.05, 4.69) is 41.0 Å². The third-order valence-corrected chi connectivity index (χ3v) is 4.86. The summed E-state index contributed by atoms with van der Waals surface area (Å²) in [5.41, 5.74) is 2.21. The third-order valence-electron chi connectivity index (χ3n) is 3.88. The Morgan fingerprint density at radius 1 is 1.05 bits per heavy atom. The maximum atomic E-state index is 12.1. The molecule has 0 saturated carbocycles. The summed E-state index contributed by atoms with van der Waals surface area (Å²) in [4.78, 5) is 13.3. The van der Waals surface area contributed by atoms with Gasteiger partial charge >= 0.3 is 0 Å². The highest BCUT2D eigenvalue weighted by molar-refractivity contribution is 7.10. The lowest BCUT2D eigenvalue weighted by molar-refractivity contribution is -0.116. The molecule has 1 aromatic heterocycles. The molecular formula is C17H13NOS. The molecule has 0 unspecified atom stereocenters. The van der Waals surface area contributed by atoms with E-state index in [9.17, 15) is 4.79 Å². The summed E-state index contributed by atoms with van der Waals surface area (Å²) in [7, 11) is 0. The van der Waals surface area contributed by atoms with Crippen LogP contribution in [0.5, 0.6) is 0 Å². The van der Waals surface area contributed by atoms with Crippen molar-refractivity contribution in [2.24, 2.45) is 0 Å². The van der Waals surface area contributed by atoms with E-state index in [1.165, 1.54) is 15.8 Å².